The van der Waals surface area contributed by atoms with Crippen LogP contribution in [0.4, 0.5) is 0 Å². The second kappa shape index (κ2) is 6.23. The van der Waals surface area contributed by atoms with Gasteiger partial charge in [0, 0.05) is 17.1 Å². The second-order valence-electron chi connectivity index (χ2n) is 6.92. The highest BCUT2D eigenvalue weighted by atomic mass is 32.2. The maximum absolute atomic E-state index is 12.7. The van der Waals surface area contributed by atoms with Gasteiger partial charge in [-0.15, -0.1) is 0 Å². The Bertz CT molecular complexity index is 851. The molecule has 26 heavy (non-hydrogen) atoms. The molecule has 1 aliphatic carbocycles. The number of benzene rings is 2. The van der Waals surface area contributed by atoms with Crippen LogP contribution in [-0.4, -0.2) is 25.1 Å². The summed E-state index contributed by atoms with van der Waals surface area (Å²) in [5, 5.41) is 0.237. The van der Waals surface area contributed by atoms with Crippen LogP contribution in [0, 0.1) is 11.8 Å². The lowest BCUT2D eigenvalue weighted by Crippen LogP contribution is -2.33. The zero-order valence-corrected chi connectivity index (χ0v) is 15.3. The predicted molar refractivity (Wildman–Crippen MR) is 99.7 cm³/mol. The van der Waals surface area contributed by atoms with Gasteiger partial charge in [0.1, 0.15) is 0 Å². The van der Waals surface area contributed by atoms with Crippen molar-refractivity contribution in [3.8, 4) is 11.5 Å². The summed E-state index contributed by atoms with van der Waals surface area (Å²) >= 11 is 1.89. The van der Waals surface area contributed by atoms with Crippen molar-refractivity contribution in [3.63, 3.8) is 0 Å². The van der Waals surface area contributed by atoms with E-state index in [0.29, 0.717) is 6.61 Å². The zero-order valence-electron chi connectivity index (χ0n) is 14.5. The third-order valence-electron chi connectivity index (χ3n) is 5.62. The van der Waals surface area contributed by atoms with E-state index in [4.69, 9.17) is 14.2 Å². The number of fused-ring (bicyclic) bond motifs is 3. The maximum Gasteiger partial charge on any atom is 0.310 e. The minimum absolute atomic E-state index is 0.00518. The molecule has 4 atom stereocenters. The maximum atomic E-state index is 12.7. The molecule has 0 aromatic heterocycles. The fourth-order valence-corrected chi connectivity index (χ4v) is 5.80. The summed E-state index contributed by atoms with van der Waals surface area (Å²) < 4.78 is 16.8. The van der Waals surface area contributed by atoms with Crippen molar-refractivity contribution in [1.82, 2.24) is 0 Å². The number of esters is 1. The van der Waals surface area contributed by atoms with Gasteiger partial charge in [-0.25, -0.2) is 0 Å². The minimum atomic E-state index is -0.144. The third-order valence-corrected chi connectivity index (χ3v) is 6.92. The molecule has 0 amide bonds. The molecule has 5 heteroatoms. The summed E-state index contributed by atoms with van der Waals surface area (Å²) in [5.74, 6) is 2.53. The smallest absolute Gasteiger partial charge is 0.310 e. The molecule has 0 radical (unpaired) electrons. The van der Waals surface area contributed by atoms with E-state index < -0.39 is 0 Å². The summed E-state index contributed by atoms with van der Waals surface area (Å²) in [5.41, 5.74) is 3.59. The molecule has 0 spiro atoms. The summed E-state index contributed by atoms with van der Waals surface area (Å²) in [6.45, 7) is 2.92. The monoisotopic (exact) mass is 368 g/mol. The van der Waals surface area contributed by atoms with Gasteiger partial charge in [-0.2, -0.15) is 11.8 Å². The van der Waals surface area contributed by atoms with E-state index in [-0.39, 0.29) is 35.8 Å². The lowest BCUT2D eigenvalue weighted by Gasteiger charge is -2.38. The molecule has 5 rings (SSSR count). The van der Waals surface area contributed by atoms with Crippen molar-refractivity contribution < 1.29 is 19.0 Å². The lowest BCUT2D eigenvalue weighted by atomic mass is 9.67. The van der Waals surface area contributed by atoms with Crippen molar-refractivity contribution in [2.24, 2.45) is 11.8 Å². The number of hydrogen-bond acceptors (Lipinski definition) is 5. The topological polar surface area (TPSA) is 44.8 Å². The van der Waals surface area contributed by atoms with E-state index in [1.165, 1.54) is 11.1 Å². The second-order valence-corrected chi connectivity index (χ2v) is 8.34. The van der Waals surface area contributed by atoms with E-state index in [2.05, 4.69) is 31.2 Å². The van der Waals surface area contributed by atoms with Crippen LogP contribution in [0.5, 0.6) is 11.5 Å². The Hall–Kier alpha value is -2.14. The first-order valence-corrected chi connectivity index (χ1v) is 10.1. The van der Waals surface area contributed by atoms with Gasteiger partial charge in [0.15, 0.2) is 11.5 Å². The Morgan fingerprint density at radius 3 is 2.50 bits per heavy atom. The number of hydrogen-bond donors (Lipinski definition) is 0. The first kappa shape index (κ1) is 16.1. The van der Waals surface area contributed by atoms with E-state index in [0.717, 1.165) is 22.8 Å². The highest BCUT2D eigenvalue weighted by Gasteiger charge is 2.52. The van der Waals surface area contributed by atoms with Crippen LogP contribution in [0.1, 0.15) is 34.8 Å². The molecule has 0 N–H and O–H groups in total. The van der Waals surface area contributed by atoms with Gasteiger partial charge in [0.2, 0.25) is 6.79 Å². The lowest BCUT2D eigenvalue weighted by molar-refractivity contribution is -0.141. The third kappa shape index (κ3) is 2.33. The molecule has 0 saturated carbocycles. The van der Waals surface area contributed by atoms with Crippen molar-refractivity contribution in [2.45, 2.75) is 18.1 Å². The van der Waals surface area contributed by atoms with E-state index in [1.807, 2.05) is 30.0 Å². The van der Waals surface area contributed by atoms with Crippen LogP contribution in [0.15, 0.2) is 42.5 Å². The summed E-state index contributed by atoms with van der Waals surface area (Å²) in [4.78, 5) is 12.7. The van der Waals surface area contributed by atoms with Gasteiger partial charge in [-0.3, -0.25) is 4.79 Å². The van der Waals surface area contributed by atoms with Gasteiger partial charge in [-0.05, 0) is 34.6 Å². The molecule has 2 aromatic rings. The average Bonchev–Trinajstić information content (AvgIpc) is 3.28. The Morgan fingerprint density at radius 1 is 1.04 bits per heavy atom. The van der Waals surface area contributed by atoms with Gasteiger partial charge >= 0.3 is 5.97 Å². The number of cyclic esters (lactones) is 1. The standard InChI is InChI=1S/C21H20O4S/c1-2-26-20-14-9-17-16(24-11-25-17)8-13(14)18(12-6-4-3-5-7-12)19-15(20)10-23-21(19)22/h3-9,15,18-20H,2,10-11H2,1H3. The van der Waals surface area contributed by atoms with Crippen molar-refractivity contribution in [2.75, 3.05) is 19.2 Å². The molecule has 2 aromatic carbocycles. The Morgan fingerprint density at radius 2 is 1.77 bits per heavy atom. The van der Waals surface area contributed by atoms with Crippen molar-refractivity contribution in [1.29, 1.82) is 0 Å². The predicted octanol–water partition coefficient (Wildman–Crippen LogP) is 4.14. The highest BCUT2D eigenvalue weighted by Crippen LogP contribution is 2.57. The van der Waals surface area contributed by atoms with Crippen LogP contribution >= 0.6 is 11.8 Å². The van der Waals surface area contributed by atoms with Crippen LogP contribution in [0.3, 0.4) is 0 Å². The molecule has 1 saturated heterocycles. The summed E-state index contributed by atoms with van der Waals surface area (Å²) in [6, 6.07) is 14.5. The molecule has 2 heterocycles. The molecule has 4 unspecified atom stereocenters. The van der Waals surface area contributed by atoms with E-state index in [1.54, 1.807) is 0 Å². The first-order chi connectivity index (χ1) is 12.8. The van der Waals surface area contributed by atoms with Crippen LogP contribution in [0.25, 0.3) is 0 Å². The van der Waals surface area contributed by atoms with E-state index >= 15 is 0 Å². The average molecular weight is 368 g/mol. The summed E-state index contributed by atoms with van der Waals surface area (Å²) in [6.07, 6.45) is 0. The Kier molecular flexibility index (Phi) is 3.85. The summed E-state index contributed by atoms with van der Waals surface area (Å²) in [7, 11) is 0. The number of carbonyl (C=O) groups is 1. The quantitative estimate of drug-likeness (QED) is 0.762. The van der Waals surface area contributed by atoms with Crippen molar-refractivity contribution >= 4 is 17.7 Å². The highest BCUT2D eigenvalue weighted by molar-refractivity contribution is 7.99. The van der Waals surface area contributed by atoms with Gasteiger partial charge in [-0.1, -0.05) is 37.3 Å². The molecule has 0 bridgehead atoms. The molecular formula is C21H20O4S. The van der Waals surface area contributed by atoms with Crippen LogP contribution < -0.4 is 9.47 Å². The number of carbonyl (C=O) groups excluding carboxylic acids is 1. The largest absolute Gasteiger partial charge is 0.465 e. The number of thioether (sulfide) groups is 1. The molecule has 3 aliphatic rings. The van der Waals surface area contributed by atoms with E-state index in [9.17, 15) is 4.79 Å². The van der Waals surface area contributed by atoms with Crippen LogP contribution in [0.2, 0.25) is 0 Å². The fourth-order valence-electron chi connectivity index (χ4n) is 4.57. The Balaban J connectivity index is 1.73. The Labute approximate surface area is 156 Å². The van der Waals surface area contributed by atoms with Gasteiger partial charge in [0.05, 0.1) is 12.5 Å². The molecule has 134 valence electrons. The first-order valence-electron chi connectivity index (χ1n) is 9.04. The normalized spacial score (nSPS) is 28.4. The van der Waals surface area contributed by atoms with Gasteiger partial charge in [0.25, 0.3) is 0 Å². The molecule has 1 fully saturated rings. The molecular weight excluding hydrogens is 348 g/mol. The van der Waals surface area contributed by atoms with Gasteiger partial charge < -0.3 is 14.2 Å². The van der Waals surface area contributed by atoms with Crippen LogP contribution in [-0.2, 0) is 9.53 Å². The number of rotatable bonds is 3. The minimum Gasteiger partial charge on any atom is -0.465 e. The fraction of sp³-hybridized carbons (Fsp3) is 0.381. The number of ether oxygens (including phenoxy) is 3. The van der Waals surface area contributed by atoms with Crippen molar-refractivity contribution in [3.05, 3.63) is 59.2 Å². The SMILES string of the molecule is CCSC1c2cc3c(cc2C(c2ccccc2)C2C(=O)OCC12)OCO3. The zero-order chi connectivity index (χ0) is 17.7. The molecule has 2 aliphatic heterocycles. The molecule has 4 nitrogen and oxygen atoms in total.